The smallest absolute Gasteiger partial charge is 0.359 e. The Labute approximate surface area is 257 Å². The normalized spacial score (nSPS) is 27.0. The van der Waals surface area contributed by atoms with Crippen LogP contribution in [0.3, 0.4) is 0 Å². The molecule has 0 aliphatic carbocycles. The summed E-state index contributed by atoms with van der Waals surface area (Å²) in [6.45, 7) is -0.741. The number of nitrogens with two attached hydrogens (primary N) is 1. The summed E-state index contributed by atoms with van der Waals surface area (Å²) in [6.07, 6.45) is -2.72. The van der Waals surface area contributed by atoms with Crippen LogP contribution in [0.25, 0.3) is 11.2 Å². The second kappa shape index (κ2) is 11.7. The number of ketones is 1. The van der Waals surface area contributed by atoms with Gasteiger partial charge in [0.1, 0.15) is 29.6 Å². The van der Waals surface area contributed by atoms with Gasteiger partial charge in [-0.1, -0.05) is 6.07 Å². The Morgan fingerprint density at radius 1 is 1.23 bits per heavy atom. The molecule has 0 saturated carbocycles. The van der Waals surface area contributed by atoms with E-state index >= 15 is 0 Å². The van der Waals surface area contributed by atoms with E-state index in [1.165, 1.54) is 34.5 Å². The van der Waals surface area contributed by atoms with Crippen molar-refractivity contribution >= 4 is 67.9 Å². The Kier molecular flexibility index (Phi) is 8.11. The highest BCUT2D eigenvalue weighted by atomic mass is 32.2. The van der Waals surface area contributed by atoms with E-state index in [-0.39, 0.29) is 35.7 Å². The molecule has 6 heterocycles. The molecule has 6 atom stereocenters. The molecule has 2 fully saturated rings. The van der Waals surface area contributed by atoms with Gasteiger partial charge in [-0.2, -0.15) is 8.42 Å². The zero-order valence-corrected chi connectivity index (χ0v) is 25.0. The van der Waals surface area contributed by atoms with Gasteiger partial charge in [-0.15, -0.1) is 23.1 Å². The van der Waals surface area contributed by atoms with Crippen LogP contribution in [0.15, 0.2) is 47.5 Å². The van der Waals surface area contributed by atoms with Crippen molar-refractivity contribution in [1.29, 1.82) is 0 Å². The molecular formula is C25H26N6O10S3. The van der Waals surface area contributed by atoms with Gasteiger partial charge in [0.25, 0.3) is 0 Å². The SMILES string of the molecule is Nc1ccnc2c1ncn2[C@@H]1O[C@H](COS(=O)(=O)NC2=C(C(=O)O)N3C(=O)[C@@H](CC(=O)Cc4cccs4)[C@H]3SC2)[C@@H](O)[C@H]1O. The number of thioether (sulfide) groups is 1. The maximum atomic E-state index is 12.9. The number of hydrogen-bond donors (Lipinski definition) is 5. The molecule has 19 heteroatoms. The van der Waals surface area contributed by atoms with Crippen molar-refractivity contribution in [2.45, 2.75) is 42.8 Å². The van der Waals surface area contributed by atoms with Crippen LogP contribution in [0.4, 0.5) is 5.69 Å². The molecule has 3 aliphatic heterocycles. The summed E-state index contributed by atoms with van der Waals surface area (Å²) in [4.78, 5) is 47.7. The van der Waals surface area contributed by atoms with E-state index in [0.29, 0.717) is 11.2 Å². The molecule has 2 saturated heterocycles. The molecule has 44 heavy (non-hydrogen) atoms. The lowest BCUT2D eigenvalue weighted by molar-refractivity contribution is -0.154. The third-order valence-electron chi connectivity index (χ3n) is 7.42. The molecule has 0 unspecified atom stereocenters. The molecule has 0 radical (unpaired) electrons. The van der Waals surface area contributed by atoms with E-state index in [1.54, 1.807) is 0 Å². The first-order valence-electron chi connectivity index (χ1n) is 13.2. The highest BCUT2D eigenvalue weighted by molar-refractivity contribution is 8.00. The Morgan fingerprint density at radius 2 is 2.02 bits per heavy atom. The fourth-order valence-corrected chi connectivity index (χ4v) is 8.35. The average Bonchev–Trinajstić information content (AvgIpc) is 3.71. The molecule has 3 aromatic rings. The van der Waals surface area contributed by atoms with Crippen molar-refractivity contribution in [2.24, 2.45) is 5.92 Å². The number of imidazole rings is 1. The number of aromatic nitrogens is 3. The fourth-order valence-electron chi connectivity index (χ4n) is 5.33. The van der Waals surface area contributed by atoms with Crippen LogP contribution >= 0.6 is 23.1 Å². The number of ether oxygens (including phenoxy) is 1. The minimum absolute atomic E-state index is 0.0587. The largest absolute Gasteiger partial charge is 0.477 e. The van der Waals surface area contributed by atoms with Gasteiger partial charge >= 0.3 is 16.3 Å². The van der Waals surface area contributed by atoms with Gasteiger partial charge in [-0.05, 0) is 17.5 Å². The van der Waals surface area contributed by atoms with Crippen molar-refractivity contribution < 1.29 is 47.0 Å². The number of nitrogens with zero attached hydrogens (tertiary/aromatic N) is 4. The van der Waals surface area contributed by atoms with Crippen molar-refractivity contribution in [2.75, 3.05) is 18.1 Å². The summed E-state index contributed by atoms with van der Waals surface area (Å²) in [6, 6.07) is 5.17. The monoisotopic (exact) mass is 666 g/mol. The van der Waals surface area contributed by atoms with Crippen molar-refractivity contribution in [3.8, 4) is 0 Å². The van der Waals surface area contributed by atoms with E-state index in [0.717, 1.165) is 21.5 Å². The first-order valence-corrected chi connectivity index (χ1v) is 16.5. The molecule has 6 N–H and O–H groups in total. The maximum Gasteiger partial charge on any atom is 0.359 e. The van der Waals surface area contributed by atoms with Crippen molar-refractivity contribution in [3.05, 3.63) is 52.4 Å². The van der Waals surface area contributed by atoms with Gasteiger partial charge in [0, 0.05) is 29.7 Å². The maximum absolute atomic E-state index is 12.9. The molecule has 3 aromatic heterocycles. The number of nitrogens with one attached hydrogen (secondary N) is 1. The summed E-state index contributed by atoms with van der Waals surface area (Å²) in [5, 5.41) is 32.2. The second-order valence-electron chi connectivity index (χ2n) is 10.3. The molecule has 234 valence electrons. The minimum atomic E-state index is -4.68. The Balaban J connectivity index is 1.10. The van der Waals surface area contributed by atoms with Crippen LogP contribution in [-0.4, -0.2) is 96.9 Å². The van der Waals surface area contributed by atoms with Crippen LogP contribution in [0.5, 0.6) is 0 Å². The number of nitrogen functional groups attached to an aromatic ring is 1. The van der Waals surface area contributed by atoms with Gasteiger partial charge in [0.05, 0.1) is 35.6 Å². The van der Waals surface area contributed by atoms with E-state index in [1.807, 2.05) is 17.5 Å². The summed E-state index contributed by atoms with van der Waals surface area (Å²) < 4.78 is 39.7. The van der Waals surface area contributed by atoms with E-state index in [2.05, 4.69) is 14.7 Å². The number of carboxylic acids is 1. The first-order chi connectivity index (χ1) is 20.9. The molecule has 1 amide bonds. The van der Waals surface area contributed by atoms with Gasteiger partial charge < -0.3 is 25.8 Å². The highest BCUT2D eigenvalue weighted by Gasteiger charge is 2.54. The Bertz CT molecular complexity index is 1760. The number of carbonyl (C=O) groups excluding carboxylic acids is 2. The van der Waals surface area contributed by atoms with Gasteiger partial charge in [0.2, 0.25) is 5.91 Å². The van der Waals surface area contributed by atoms with Crippen LogP contribution in [0, 0.1) is 5.92 Å². The number of Topliss-reactive ketones (excluding diaryl/α,β-unsaturated/α-hetero) is 1. The number of aliphatic carboxylic acids is 1. The number of aliphatic hydroxyl groups is 2. The number of carbonyl (C=O) groups is 3. The lowest BCUT2D eigenvalue weighted by Gasteiger charge is -2.49. The van der Waals surface area contributed by atoms with Crippen molar-refractivity contribution in [1.82, 2.24) is 24.2 Å². The van der Waals surface area contributed by atoms with Crippen molar-refractivity contribution in [3.63, 3.8) is 0 Å². The van der Waals surface area contributed by atoms with Gasteiger partial charge in [0.15, 0.2) is 17.6 Å². The average molecular weight is 667 g/mol. The Hall–Kier alpha value is -3.59. The predicted molar refractivity (Wildman–Crippen MR) is 155 cm³/mol. The quantitative estimate of drug-likeness (QED) is 0.163. The fraction of sp³-hybridized carbons (Fsp3) is 0.400. The number of hydrogen-bond acceptors (Lipinski definition) is 14. The van der Waals surface area contributed by atoms with Crippen LogP contribution < -0.4 is 10.5 Å². The third-order valence-corrected chi connectivity index (χ3v) is 10.6. The van der Waals surface area contributed by atoms with E-state index in [4.69, 9.17) is 14.7 Å². The zero-order valence-electron chi connectivity index (χ0n) is 22.5. The van der Waals surface area contributed by atoms with E-state index < -0.39 is 70.3 Å². The number of aliphatic hydroxyl groups excluding tert-OH is 2. The molecule has 0 spiro atoms. The zero-order chi connectivity index (χ0) is 31.3. The van der Waals surface area contributed by atoms with Crippen LogP contribution in [-0.2, 0) is 40.0 Å². The first kappa shape index (κ1) is 30.4. The molecular weight excluding hydrogens is 641 g/mol. The third kappa shape index (κ3) is 5.55. The minimum Gasteiger partial charge on any atom is -0.477 e. The highest BCUT2D eigenvalue weighted by Crippen LogP contribution is 2.45. The molecule has 6 rings (SSSR count). The number of pyridine rings is 1. The number of anilines is 1. The topological polar surface area (TPSA) is 236 Å². The Morgan fingerprint density at radius 3 is 2.75 bits per heavy atom. The number of thiophene rings is 1. The number of rotatable bonds is 11. The lowest BCUT2D eigenvalue weighted by Crippen LogP contribution is -2.62. The molecule has 0 aromatic carbocycles. The molecule has 0 bridgehead atoms. The van der Waals surface area contributed by atoms with Gasteiger partial charge in [-0.3, -0.25) is 28.0 Å². The predicted octanol–water partition coefficient (Wildman–Crippen LogP) is -0.425. The number of β-lactam (4-membered cyclic amide) rings is 1. The molecule has 16 nitrogen and oxygen atoms in total. The lowest BCUT2D eigenvalue weighted by atomic mass is 9.90. The van der Waals surface area contributed by atoms with E-state index in [9.17, 15) is 38.1 Å². The number of amides is 1. The standard InChI is InChI=1S/C25H26N6O10S3/c26-14-3-4-27-21-17(14)28-10-30(21)23-20(34)19(33)16(41-23)8-40-44(38,39)29-15-9-43-24-13(22(35)31(24)18(15)25(36)37)7-11(32)6-12-2-1-5-42-12/h1-5,10,13,16,19-20,23-24,29,33-34H,6-9H2,(H2,26,27)(H,36,37)/t13-,16-,19-,20-,23-,24-/m1/s1. The number of fused-ring (bicyclic) bond motifs is 2. The number of carboxylic acid groups (broad SMARTS) is 1. The van der Waals surface area contributed by atoms with Gasteiger partial charge in [-0.25, -0.2) is 14.8 Å². The second-order valence-corrected chi connectivity index (χ2v) is 13.7. The van der Waals surface area contributed by atoms with Crippen LogP contribution in [0.1, 0.15) is 17.5 Å². The summed E-state index contributed by atoms with van der Waals surface area (Å²) in [5.74, 6) is -3.14. The summed E-state index contributed by atoms with van der Waals surface area (Å²) >= 11 is 2.54. The molecule has 3 aliphatic rings. The summed E-state index contributed by atoms with van der Waals surface area (Å²) in [7, 11) is -4.68. The van der Waals surface area contributed by atoms with Crippen LogP contribution in [0.2, 0.25) is 0 Å². The summed E-state index contributed by atoms with van der Waals surface area (Å²) in [5.41, 5.74) is 5.99.